The van der Waals surface area contributed by atoms with Gasteiger partial charge in [-0.25, -0.2) is 0 Å². The molecule has 2 aromatic carbocycles. The molecule has 1 unspecified atom stereocenters. The molecular weight excluding hydrogens is 350 g/mol. The van der Waals surface area contributed by atoms with Crippen LogP contribution in [0.25, 0.3) is 0 Å². The van der Waals surface area contributed by atoms with Gasteiger partial charge in [-0.05, 0) is 36.2 Å². The number of nitrogens with one attached hydrogen (secondary N) is 1. The third kappa shape index (κ3) is 4.00. The van der Waals surface area contributed by atoms with Crippen LogP contribution in [-0.2, 0) is 12.1 Å². The minimum atomic E-state index is -0.272. The Hall–Kier alpha value is -1.03. The molecule has 0 heterocycles. The van der Waals surface area contributed by atoms with E-state index in [2.05, 4.69) is 40.3 Å². The van der Waals surface area contributed by atoms with Gasteiger partial charge in [0.25, 0.3) is 0 Å². The van der Waals surface area contributed by atoms with Crippen LogP contribution in [0.3, 0.4) is 0 Å². The first-order chi connectivity index (χ1) is 10.1. The minimum absolute atomic E-state index is 0.272. The number of rotatable bonds is 6. The lowest BCUT2D eigenvalue weighted by molar-refractivity contribution is 0.401. The molecule has 2 nitrogen and oxygen atoms in total. The molecule has 0 aliphatic heterocycles. The fraction of sp³-hybridized carbons (Fsp3) is 0.294. The summed E-state index contributed by atoms with van der Waals surface area (Å²) in [5.74, 6) is 1.35. The van der Waals surface area contributed by atoms with E-state index in [1.54, 1.807) is 7.11 Å². The maximum Gasteiger partial charge on any atom is 0.119 e. The zero-order valence-electron chi connectivity index (χ0n) is 12.2. The number of ether oxygens (including phenoxy) is 1. The van der Waals surface area contributed by atoms with Gasteiger partial charge in [-0.1, -0.05) is 46.3 Å². The summed E-state index contributed by atoms with van der Waals surface area (Å²) in [6.45, 7) is 2.82. The second kappa shape index (κ2) is 7.30. The minimum Gasteiger partial charge on any atom is -0.497 e. The van der Waals surface area contributed by atoms with Crippen LogP contribution in [0.5, 0.6) is 5.75 Å². The van der Waals surface area contributed by atoms with E-state index in [-0.39, 0.29) is 5.54 Å². The molecule has 2 rings (SSSR count). The van der Waals surface area contributed by atoms with Gasteiger partial charge < -0.3 is 10.1 Å². The molecule has 1 atom stereocenters. The standard InChI is InChI=1S/C17H19BrClNO/c1-17(12-19,14-6-4-3-5-7-14)20-11-13-10-15(21-2)8-9-16(13)18/h3-10,20H,11-12H2,1-2H3. The fourth-order valence-electron chi connectivity index (χ4n) is 2.14. The Morgan fingerprint density at radius 3 is 2.52 bits per heavy atom. The normalized spacial score (nSPS) is 13.7. The maximum atomic E-state index is 6.21. The largest absolute Gasteiger partial charge is 0.497 e. The smallest absolute Gasteiger partial charge is 0.119 e. The fourth-order valence-corrected chi connectivity index (χ4v) is 2.77. The highest BCUT2D eigenvalue weighted by atomic mass is 79.9. The van der Waals surface area contributed by atoms with Crippen molar-refractivity contribution in [3.05, 3.63) is 64.1 Å². The van der Waals surface area contributed by atoms with Crippen molar-refractivity contribution in [1.82, 2.24) is 5.32 Å². The van der Waals surface area contributed by atoms with Crippen molar-refractivity contribution >= 4 is 27.5 Å². The van der Waals surface area contributed by atoms with Gasteiger partial charge in [0.1, 0.15) is 5.75 Å². The van der Waals surface area contributed by atoms with Crippen LogP contribution >= 0.6 is 27.5 Å². The van der Waals surface area contributed by atoms with Crippen molar-refractivity contribution in [3.8, 4) is 5.75 Å². The van der Waals surface area contributed by atoms with Crippen LogP contribution in [0.1, 0.15) is 18.1 Å². The van der Waals surface area contributed by atoms with E-state index in [4.69, 9.17) is 16.3 Å². The second-order valence-corrected chi connectivity index (χ2v) is 6.26. The van der Waals surface area contributed by atoms with Gasteiger partial charge in [-0.3, -0.25) is 0 Å². The first-order valence-electron chi connectivity index (χ1n) is 6.78. The van der Waals surface area contributed by atoms with E-state index in [1.807, 2.05) is 36.4 Å². The average Bonchev–Trinajstić information content (AvgIpc) is 2.54. The number of hydrogen-bond acceptors (Lipinski definition) is 2. The van der Waals surface area contributed by atoms with Crippen molar-refractivity contribution in [3.63, 3.8) is 0 Å². The molecule has 21 heavy (non-hydrogen) atoms. The molecule has 0 bridgehead atoms. The third-order valence-corrected chi connectivity index (χ3v) is 4.91. The lowest BCUT2D eigenvalue weighted by atomic mass is 9.94. The topological polar surface area (TPSA) is 21.3 Å². The lowest BCUT2D eigenvalue weighted by Gasteiger charge is -2.29. The van der Waals surface area contributed by atoms with Crippen LogP contribution in [0.4, 0.5) is 0 Å². The van der Waals surface area contributed by atoms with Gasteiger partial charge in [-0.2, -0.15) is 0 Å². The summed E-state index contributed by atoms with van der Waals surface area (Å²) in [6, 6.07) is 16.2. The van der Waals surface area contributed by atoms with Crippen molar-refractivity contribution in [2.45, 2.75) is 19.0 Å². The van der Waals surface area contributed by atoms with Crippen LogP contribution in [-0.4, -0.2) is 13.0 Å². The Bertz CT molecular complexity index is 591. The zero-order valence-corrected chi connectivity index (χ0v) is 14.5. The highest BCUT2D eigenvalue weighted by Crippen LogP contribution is 2.26. The highest BCUT2D eigenvalue weighted by molar-refractivity contribution is 9.10. The molecule has 0 saturated heterocycles. The third-order valence-electron chi connectivity index (χ3n) is 3.60. The summed E-state index contributed by atoms with van der Waals surface area (Å²) in [6.07, 6.45) is 0. The molecule has 4 heteroatoms. The Morgan fingerprint density at radius 2 is 1.90 bits per heavy atom. The van der Waals surface area contributed by atoms with E-state index in [0.29, 0.717) is 12.4 Å². The SMILES string of the molecule is COc1ccc(Br)c(CNC(C)(CCl)c2ccccc2)c1. The summed E-state index contributed by atoms with van der Waals surface area (Å²) in [5, 5.41) is 3.55. The number of benzene rings is 2. The van der Waals surface area contributed by atoms with E-state index >= 15 is 0 Å². The van der Waals surface area contributed by atoms with Crippen molar-refractivity contribution in [1.29, 1.82) is 0 Å². The average molecular weight is 369 g/mol. The Balaban J connectivity index is 2.17. The predicted octanol–water partition coefficient (Wildman–Crippen LogP) is 4.70. The quantitative estimate of drug-likeness (QED) is 0.746. The van der Waals surface area contributed by atoms with Crippen molar-refractivity contribution < 1.29 is 4.74 Å². The van der Waals surface area contributed by atoms with Crippen molar-refractivity contribution in [2.75, 3.05) is 13.0 Å². The van der Waals surface area contributed by atoms with Gasteiger partial charge in [0, 0.05) is 16.9 Å². The van der Waals surface area contributed by atoms with Crippen LogP contribution in [0, 0.1) is 0 Å². The Kier molecular flexibility index (Phi) is 5.68. The highest BCUT2D eigenvalue weighted by Gasteiger charge is 2.24. The Labute approximate surface area is 139 Å². The van der Waals surface area contributed by atoms with E-state index in [0.717, 1.165) is 15.8 Å². The lowest BCUT2D eigenvalue weighted by Crippen LogP contribution is -2.40. The molecule has 112 valence electrons. The van der Waals surface area contributed by atoms with Crippen molar-refractivity contribution in [2.24, 2.45) is 0 Å². The summed E-state index contributed by atoms with van der Waals surface area (Å²) in [4.78, 5) is 0. The summed E-state index contributed by atoms with van der Waals surface area (Å²) in [7, 11) is 1.67. The molecule has 0 aromatic heterocycles. The molecule has 1 N–H and O–H groups in total. The Morgan fingerprint density at radius 1 is 1.19 bits per heavy atom. The molecule has 0 amide bonds. The molecule has 2 aromatic rings. The van der Waals surface area contributed by atoms with E-state index in [9.17, 15) is 0 Å². The molecule has 0 spiro atoms. The van der Waals surface area contributed by atoms with Gasteiger partial charge in [-0.15, -0.1) is 11.6 Å². The van der Waals surface area contributed by atoms with Crippen LogP contribution < -0.4 is 10.1 Å². The summed E-state index contributed by atoms with van der Waals surface area (Å²) < 4.78 is 6.33. The zero-order chi connectivity index (χ0) is 15.3. The first kappa shape index (κ1) is 16.3. The molecule has 0 aliphatic rings. The molecule has 0 aliphatic carbocycles. The van der Waals surface area contributed by atoms with Crippen LogP contribution in [0.2, 0.25) is 0 Å². The van der Waals surface area contributed by atoms with Crippen LogP contribution in [0.15, 0.2) is 53.0 Å². The molecule has 0 radical (unpaired) electrons. The van der Waals surface area contributed by atoms with Gasteiger partial charge >= 0.3 is 0 Å². The first-order valence-corrected chi connectivity index (χ1v) is 8.11. The number of alkyl halides is 1. The van der Waals surface area contributed by atoms with E-state index < -0.39 is 0 Å². The maximum absolute atomic E-state index is 6.21. The predicted molar refractivity (Wildman–Crippen MR) is 92.0 cm³/mol. The summed E-state index contributed by atoms with van der Waals surface area (Å²) in [5.41, 5.74) is 2.05. The molecule has 0 saturated carbocycles. The number of methoxy groups -OCH3 is 1. The van der Waals surface area contributed by atoms with E-state index in [1.165, 1.54) is 5.56 Å². The summed E-state index contributed by atoms with van der Waals surface area (Å²) >= 11 is 9.79. The molecular formula is C17H19BrClNO. The molecule has 0 fully saturated rings. The van der Waals surface area contributed by atoms with Gasteiger partial charge in [0.05, 0.1) is 12.6 Å². The van der Waals surface area contributed by atoms with Gasteiger partial charge in [0.2, 0.25) is 0 Å². The van der Waals surface area contributed by atoms with Gasteiger partial charge in [0.15, 0.2) is 0 Å². The number of hydrogen-bond donors (Lipinski definition) is 1. The second-order valence-electron chi connectivity index (χ2n) is 5.14. The number of halogens is 2. The monoisotopic (exact) mass is 367 g/mol.